The van der Waals surface area contributed by atoms with Crippen LogP contribution in [-0.2, 0) is 0 Å². The number of phenolic OH excluding ortho intramolecular Hbond substituents is 2. The summed E-state index contributed by atoms with van der Waals surface area (Å²) in [7, 11) is 0. The van der Waals surface area contributed by atoms with Gasteiger partial charge < -0.3 is 10.2 Å². The Morgan fingerprint density at radius 2 is 1.57 bits per heavy atom. The minimum atomic E-state index is 0.266. The predicted octanol–water partition coefficient (Wildman–Crippen LogP) is 5.61. The van der Waals surface area contributed by atoms with E-state index < -0.39 is 0 Å². The maximum absolute atomic E-state index is 10.3. The highest BCUT2D eigenvalue weighted by molar-refractivity contribution is 5.48. The third-order valence-electron chi connectivity index (χ3n) is 4.67. The van der Waals surface area contributed by atoms with Crippen molar-refractivity contribution in [2.75, 3.05) is 0 Å². The van der Waals surface area contributed by atoms with Crippen LogP contribution in [0.1, 0.15) is 70.9 Å². The topological polar surface area (TPSA) is 40.5 Å². The van der Waals surface area contributed by atoms with E-state index in [1.54, 1.807) is 12.1 Å². The molecule has 1 saturated carbocycles. The van der Waals surface area contributed by atoms with Crippen molar-refractivity contribution in [2.24, 2.45) is 17.8 Å². The molecule has 3 unspecified atom stereocenters. The monoisotopic (exact) mass is 292 g/mol. The molecule has 0 radical (unpaired) electrons. The van der Waals surface area contributed by atoms with Crippen molar-refractivity contribution in [3.8, 4) is 11.5 Å². The highest BCUT2D eigenvalue weighted by Gasteiger charge is 2.34. The van der Waals surface area contributed by atoms with E-state index in [2.05, 4.69) is 20.8 Å². The number of aryl methyl sites for hydroxylation is 1. The van der Waals surface area contributed by atoms with E-state index in [-0.39, 0.29) is 17.4 Å². The van der Waals surface area contributed by atoms with Crippen LogP contribution in [0.5, 0.6) is 11.5 Å². The van der Waals surface area contributed by atoms with Gasteiger partial charge in [-0.1, -0.05) is 41.0 Å². The Morgan fingerprint density at radius 3 is 2.05 bits per heavy atom. The van der Waals surface area contributed by atoms with Crippen LogP contribution in [0.15, 0.2) is 12.1 Å². The SMILES string of the molecule is CC.Cc1cc(O)c(C2CC(C)CCC2C(C)C)c(O)c1. The predicted molar refractivity (Wildman–Crippen MR) is 89.9 cm³/mol. The summed E-state index contributed by atoms with van der Waals surface area (Å²) in [6.45, 7) is 12.7. The van der Waals surface area contributed by atoms with Gasteiger partial charge >= 0.3 is 0 Å². The van der Waals surface area contributed by atoms with Crippen LogP contribution in [-0.4, -0.2) is 10.2 Å². The van der Waals surface area contributed by atoms with Gasteiger partial charge in [0.25, 0.3) is 0 Å². The molecule has 120 valence electrons. The third kappa shape index (κ3) is 4.15. The molecule has 0 bridgehead atoms. The molecular weight excluding hydrogens is 260 g/mol. The zero-order valence-corrected chi connectivity index (χ0v) is 14.5. The lowest BCUT2D eigenvalue weighted by atomic mass is 9.67. The van der Waals surface area contributed by atoms with Crippen molar-refractivity contribution >= 4 is 0 Å². The van der Waals surface area contributed by atoms with Crippen molar-refractivity contribution in [3.63, 3.8) is 0 Å². The summed E-state index contributed by atoms with van der Waals surface area (Å²) in [6, 6.07) is 3.54. The van der Waals surface area contributed by atoms with E-state index in [4.69, 9.17) is 0 Å². The molecule has 0 spiro atoms. The van der Waals surface area contributed by atoms with Crippen molar-refractivity contribution in [2.45, 2.75) is 66.7 Å². The molecule has 2 heteroatoms. The Hall–Kier alpha value is -1.18. The van der Waals surface area contributed by atoms with Gasteiger partial charge in [-0.15, -0.1) is 0 Å². The molecule has 0 amide bonds. The molecule has 0 saturated heterocycles. The summed E-state index contributed by atoms with van der Waals surface area (Å²) in [5, 5.41) is 20.5. The van der Waals surface area contributed by atoms with Gasteiger partial charge in [-0.25, -0.2) is 0 Å². The summed E-state index contributed by atoms with van der Waals surface area (Å²) in [5.74, 6) is 2.61. The van der Waals surface area contributed by atoms with Gasteiger partial charge in [0.2, 0.25) is 0 Å². The molecule has 1 fully saturated rings. The van der Waals surface area contributed by atoms with Crippen molar-refractivity contribution in [1.29, 1.82) is 0 Å². The zero-order valence-electron chi connectivity index (χ0n) is 14.5. The smallest absolute Gasteiger partial charge is 0.123 e. The molecule has 2 nitrogen and oxygen atoms in total. The fraction of sp³-hybridized carbons (Fsp3) is 0.684. The van der Waals surface area contributed by atoms with Gasteiger partial charge in [-0.05, 0) is 61.1 Å². The van der Waals surface area contributed by atoms with Gasteiger partial charge in [0.1, 0.15) is 11.5 Å². The van der Waals surface area contributed by atoms with Crippen LogP contribution < -0.4 is 0 Å². The molecule has 1 aliphatic carbocycles. The molecule has 2 rings (SSSR count). The fourth-order valence-electron chi connectivity index (χ4n) is 3.67. The number of phenols is 2. The maximum atomic E-state index is 10.3. The third-order valence-corrected chi connectivity index (χ3v) is 4.67. The molecular formula is C19H32O2. The molecule has 0 aliphatic heterocycles. The van der Waals surface area contributed by atoms with Gasteiger partial charge in [0.15, 0.2) is 0 Å². The van der Waals surface area contributed by atoms with Gasteiger partial charge in [0, 0.05) is 5.56 Å². The first-order valence-electron chi connectivity index (χ1n) is 8.42. The molecule has 1 aromatic carbocycles. The molecule has 0 aromatic heterocycles. The molecule has 3 atom stereocenters. The molecule has 2 N–H and O–H groups in total. The minimum absolute atomic E-state index is 0.266. The average molecular weight is 292 g/mol. The van der Waals surface area contributed by atoms with E-state index in [1.807, 2.05) is 20.8 Å². The van der Waals surface area contributed by atoms with Crippen LogP contribution in [0.25, 0.3) is 0 Å². The number of hydrogen-bond donors (Lipinski definition) is 2. The van der Waals surface area contributed by atoms with Gasteiger partial charge in [-0.3, -0.25) is 0 Å². The van der Waals surface area contributed by atoms with Crippen LogP contribution in [0.4, 0.5) is 0 Å². The van der Waals surface area contributed by atoms with Gasteiger partial charge in [0.05, 0.1) is 0 Å². The van der Waals surface area contributed by atoms with Crippen LogP contribution >= 0.6 is 0 Å². The molecule has 0 heterocycles. The lowest BCUT2D eigenvalue weighted by Crippen LogP contribution is -2.26. The van der Waals surface area contributed by atoms with E-state index in [0.717, 1.165) is 17.5 Å². The van der Waals surface area contributed by atoms with E-state index in [0.29, 0.717) is 17.8 Å². The number of rotatable bonds is 2. The Labute approximate surface area is 130 Å². The Balaban J connectivity index is 0.00000106. The normalized spacial score (nSPS) is 25.4. The highest BCUT2D eigenvalue weighted by atomic mass is 16.3. The first-order valence-corrected chi connectivity index (χ1v) is 8.42. The number of hydrogen-bond acceptors (Lipinski definition) is 2. The first-order chi connectivity index (χ1) is 9.90. The maximum Gasteiger partial charge on any atom is 0.123 e. The van der Waals surface area contributed by atoms with E-state index in [9.17, 15) is 10.2 Å². The number of benzene rings is 1. The molecule has 21 heavy (non-hydrogen) atoms. The van der Waals surface area contributed by atoms with Crippen LogP contribution in [0.2, 0.25) is 0 Å². The second-order valence-corrected chi connectivity index (χ2v) is 6.65. The second-order valence-electron chi connectivity index (χ2n) is 6.65. The quantitative estimate of drug-likeness (QED) is 0.744. The highest BCUT2D eigenvalue weighted by Crippen LogP contribution is 2.49. The zero-order chi connectivity index (χ0) is 16.2. The van der Waals surface area contributed by atoms with Crippen molar-refractivity contribution in [3.05, 3.63) is 23.3 Å². The Bertz CT molecular complexity index is 428. The Kier molecular flexibility index (Phi) is 6.57. The summed E-state index contributed by atoms with van der Waals surface area (Å²) < 4.78 is 0. The van der Waals surface area contributed by atoms with Gasteiger partial charge in [-0.2, -0.15) is 0 Å². The van der Waals surface area contributed by atoms with E-state index in [1.165, 1.54) is 12.8 Å². The second kappa shape index (κ2) is 7.72. The summed E-state index contributed by atoms with van der Waals surface area (Å²) in [5.41, 5.74) is 1.68. The van der Waals surface area contributed by atoms with Crippen molar-refractivity contribution < 1.29 is 10.2 Å². The molecule has 1 aromatic rings. The fourth-order valence-corrected chi connectivity index (χ4v) is 3.67. The molecule has 1 aliphatic rings. The summed E-state index contributed by atoms with van der Waals surface area (Å²) >= 11 is 0. The summed E-state index contributed by atoms with van der Waals surface area (Å²) in [4.78, 5) is 0. The summed E-state index contributed by atoms with van der Waals surface area (Å²) in [6.07, 6.45) is 3.51. The minimum Gasteiger partial charge on any atom is -0.508 e. The number of aromatic hydroxyl groups is 2. The van der Waals surface area contributed by atoms with Crippen LogP contribution in [0.3, 0.4) is 0 Å². The van der Waals surface area contributed by atoms with Crippen molar-refractivity contribution in [1.82, 2.24) is 0 Å². The first kappa shape index (κ1) is 17.9. The van der Waals surface area contributed by atoms with E-state index >= 15 is 0 Å². The average Bonchev–Trinajstić information content (AvgIpc) is 2.39. The standard InChI is InChI=1S/C17H26O2.C2H6/c1-10(2)13-6-5-11(3)7-14(13)17-15(18)8-12(4)9-16(17)19;1-2/h8-11,13-14,18-19H,5-7H2,1-4H3;1-2H3. The van der Waals surface area contributed by atoms with Crippen LogP contribution in [0, 0.1) is 24.7 Å². The lowest BCUT2D eigenvalue weighted by Gasteiger charge is -2.38. The lowest BCUT2D eigenvalue weighted by molar-refractivity contribution is 0.192. The Morgan fingerprint density at radius 1 is 1.05 bits per heavy atom. The largest absolute Gasteiger partial charge is 0.508 e.